The molecule has 152 valence electrons. The van der Waals surface area contributed by atoms with E-state index in [0.717, 1.165) is 18.4 Å². The Morgan fingerprint density at radius 3 is 2.48 bits per heavy atom. The molecule has 3 rings (SSSR count). The summed E-state index contributed by atoms with van der Waals surface area (Å²) in [7, 11) is 1.58. The molecule has 0 radical (unpaired) electrons. The molecule has 0 amide bonds. The number of hydrogen-bond acceptors (Lipinski definition) is 5. The number of benzene rings is 2. The van der Waals surface area contributed by atoms with Crippen LogP contribution in [0.2, 0.25) is 0 Å². The maximum absolute atomic E-state index is 13.2. The van der Waals surface area contributed by atoms with E-state index in [9.17, 15) is 9.59 Å². The van der Waals surface area contributed by atoms with Crippen molar-refractivity contribution in [3.8, 4) is 17.2 Å². The third-order valence-corrected chi connectivity index (χ3v) is 4.59. The van der Waals surface area contributed by atoms with Crippen LogP contribution in [0.1, 0.15) is 32.3 Å². The van der Waals surface area contributed by atoms with Gasteiger partial charge >= 0.3 is 5.97 Å². The van der Waals surface area contributed by atoms with Gasteiger partial charge in [0.05, 0.1) is 12.6 Å². The first-order valence-corrected chi connectivity index (χ1v) is 9.64. The van der Waals surface area contributed by atoms with E-state index in [1.807, 2.05) is 36.4 Å². The Morgan fingerprint density at radius 2 is 1.83 bits per heavy atom. The van der Waals surface area contributed by atoms with Gasteiger partial charge < -0.3 is 18.8 Å². The maximum Gasteiger partial charge on any atom is 0.308 e. The van der Waals surface area contributed by atoms with Crippen molar-refractivity contribution < 1.29 is 19.0 Å². The van der Waals surface area contributed by atoms with E-state index < -0.39 is 11.5 Å². The molecule has 1 heterocycles. The smallest absolute Gasteiger partial charge is 0.308 e. The van der Waals surface area contributed by atoms with Gasteiger partial charge in [0.2, 0.25) is 5.75 Å². The number of rotatable bonds is 8. The normalized spacial score (nSPS) is 10.7. The number of esters is 1. The number of aromatic nitrogens is 1. The van der Waals surface area contributed by atoms with Crippen LogP contribution in [-0.4, -0.2) is 17.6 Å². The van der Waals surface area contributed by atoms with Crippen LogP contribution in [0, 0.1) is 0 Å². The summed E-state index contributed by atoms with van der Waals surface area (Å²) in [6.07, 6.45) is 1.74. The third kappa shape index (κ3) is 4.59. The zero-order valence-corrected chi connectivity index (χ0v) is 16.9. The van der Waals surface area contributed by atoms with Crippen LogP contribution in [0.3, 0.4) is 0 Å². The molecule has 0 saturated heterocycles. The molecule has 0 atom stereocenters. The van der Waals surface area contributed by atoms with Gasteiger partial charge in [0, 0.05) is 24.9 Å². The first-order chi connectivity index (χ1) is 14.0. The van der Waals surface area contributed by atoms with Gasteiger partial charge in [0.25, 0.3) is 5.56 Å². The molecule has 0 fully saturated rings. The molecule has 1 aromatic heterocycles. The molecule has 0 saturated carbocycles. The Balaban J connectivity index is 2.19. The van der Waals surface area contributed by atoms with Gasteiger partial charge in [-0.25, -0.2) is 0 Å². The van der Waals surface area contributed by atoms with Gasteiger partial charge in [-0.05, 0) is 24.1 Å². The van der Waals surface area contributed by atoms with Crippen LogP contribution in [0.25, 0.3) is 10.9 Å². The number of pyridine rings is 1. The lowest BCUT2D eigenvalue weighted by Crippen LogP contribution is -2.25. The Kier molecular flexibility index (Phi) is 6.54. The number of aryl methyl sites for hydroxylation is 1. The lowest BCUT2D eigenvalue weighted by atomic mass is 10.1. The van der Waals surface area contributed by atoms with E-state index in [2.05, 4.69) is 6.92 Å². The van der Waals surface area contributed by atoms with Crippen LogP contribution in [0.5, 0.6) is 17.2 Å². The standard InChI is InChI=1S/C23H25NO5/c1-4-5-13-24-20-14-18(27-3)11-12-19(20)21(22(23(24)26)29-16(2)25)28-15-17-9-7-6-8-10-17/h6-12,14H,4-5,13,15H2,1-3H3. The number of fused-ring (bicyclic) bond motifs is 1. The Morgan fingerprint density at radius 1 is 1.07 bits per heavy atom. The minimum Gasteiger partial charge on any atom is -0.497 e. The highest BCUT2D eigenvalue weighted by Crippen LogP contribution is 2.35. The van der Waals surface area contributed by atoms with Gasteiger partial charge in [0.15, 0.2) is 5.75 Å². The number of carbonyl (C=O) groups excluding carboxylic acids is 1. The van der Waals surface area contributed by atoms with Crippen molar-refractivity contribution in [3.63, 3.8) is 0 Å². The van der Waals surface area contributed by atoms with Crippen molar-refractivity contribution in [2.45, 2.75) is 39.8 Å². The first kappa shape index (κ1) is 20.5. The van der Waals surface area contributed by atoms with E-state index >= 15 is 0 Å². The average molecular weight is 395 g/mol. The van der Waals surface area contributed by atoms with E-state index in [0.29, 0.717) is 23.2 Å². The quantitative estimate of drug-likeness (QED) is 0.532. The Hall–Kier alpha value is -3.28. The van der Waals surface area contributed by atoms with E-state index in [4.69, 9.17) is 14.2 Å². The van der Waals surface area contributed by atoms with Gasteiger partial charge in [-0.15, -0.1) is 0 Å². The Labute approximate surface area is 169 Å². The van der Waals surface area contributed by atoms with E-state index in [1.54, 1.807) is 23.8 Å². The van der Waals surface area contributed by atoms with Gasteiger partial charge in [0.1, 0.15) is 12.4 Å². The molecule has 0 unspecified atom stereocenters. The van der Waals surface area contributed by atoms with Crippen LogP contribution in [-0.2, 0) is 17.9 Å². The minimum atomic E-state index is -0.568. The summed E-state index contributed by atoms with van der Waals surface area (Å²) in [5.74, 6) is 0.250. The molecule has 0 aliphatic rings. The molecule has 2 aromatic carbocycles. The minimum absolute atomic E-state index is 0.0813. The molecule has 0 bridgehead atoms. The molecule has 0 spiro atoms. The van der Waals surface area contributed by atoms with Crippen LogP contribution in [0.4, 0.5) is 0 Å². The number of nitrogens with zero attached hydrogens (tertiary/aromatic N) is 1. The predicted molar refractivity (Wildman–Crippen MR) is 112 cm³/mol. The molecular weight excluding hydrogens is 370 g/mol. The molecule has 0 aliphatic carbocycles. The summed E-state index contributed by atoms with van der Waals surface area (Å²) >= 11 is 0. The highest BCUT2D eigenvalue weighted by atomic mass is 16.6. The Bertz CT molecular complexity index is 1060. The van der Waals surface area contributed by atoms with Crippen LogP contribution >= 0.6 is 0 Å². The summed E-state index contributed by atoms with van der Waals surface area (Å²) in [6, 6.07) is 15.0. The number of hydrogen-bond donors (Lipinski definition) is 0. The van der Waals surface area contributed by atoms with Crippen LogP contribution < -0.4 is 19.8 Å². The summed E-state index contributed by atoms with van der Waals surface area (Å²) in [6.45, 7) is 4.08. The molecule has 0 aliphatic heterocycles. The molecule has 6 nitrogen and oxygen atoms in total. The zero-order valence-electron chi connectivity index (χ0n) is 16.9. The number of methoxy groups -OCH3 is 1. The number of unbranched alkanes of at least 4 members (excludes halogenated alkanes) is 1. The second kappa shape index (κ2) is 9.28. The van der Waals surface area contributed by atoms with Crippen molar-refractivity contribution in [2.24, 2.45) is 0 Å². The lowest BCUT2D eigenvalue weighted by Gasteiger charge is -2.18. The summed E-state index contributed by atoms with van der Waals surface area (Å²) in [5.41, 5.74) is 1.23. The van der Waals surface area contributed by atoms with Crippen molar-refractivity contribution in [1.29, 1.82) is 0 Å². The molecule has 3 aromatic rings. The first-order valence-electron chi connectivity index (χ1n) is 9.64. The van der Waals surface area contributed by atoms with Crippen molar-refractivity contribution >= 4 is 16.9 Å². The highest BCUT2D eigenvalue weighted by molar-refractivity contribution is 5.90. The maximum atomic E-state index is 13.2. The fourth-order valence-corrected chi connectivity index (χ4v) is 3.15. The SMILES string of the molecule is CCCCn1c(=O)c(OC(C)=O)c(OCc2ccccc2)c2ccc(OC)cc21. The van der Waals surface area contributed by atoms with Gasteiger partial charge in [-0.3, -0.25) is 9.59 Å². The fourth-order valence-electron chi connectivity index (χ4n) is 3.15. The molecule has 0 N–H and O–H groups in total. The molecular formula is C23H25NO5. The monoisotopic (exact) mass is 395 g/mol. The van der Waals surface area contributed by atoms with E-state index in [1.165, 1.54) is 6.92 Å². The highest BCUT2D eigenvalue weighted by Gasteiger charge is 2.21. The van der Waals surface area contributed by atoms with Crippen molar-refractivity contribution in [2.75, 3.05) is 7.11 Å². The number of ether oxygens (including phenoxy) is 3. The predicted octanol–water partition coefficient (Wildman–Crippen LogP) is 4.31. The fraction of sp³-hybridized carbons (Fsp3) is 0.304. The summed E-state index contributed by atoms with van der Waals surface area (Å²) in [4.78, 5) is 24.9. The second-order valence-electron chi connectivity index (χ2n) is 6.72. The molecule has 29 heavy (non-hydrogen) atoms. The van der Waals surface area contributed by atoms with Crippen LogP contribution in [0.15, 0.2) is 53.3 Å². The summed E-state index contributed by atoms with van der Waals surface area (Å²) in [5, 5.41) is 0.689. The average Bonchev–Trinajstić information content (AvgIpc) is 2.73. The van der Waals surface area contributed by atoms with E-state index in [-0.39, 0.29) is 18.1 Å². The number of carbonyl (C=O) groups is 1. The van der Waals surface area contributed by atoms with Crippen molar-refractivity contribution in [1.82, 2.24) is 4.57 Å². The zero-order chi connectivity index (χ0) is 20.8. The molecule has 6 heteroatoms. The second-order valence-corrected chi connectivity index (χ2v) is 6.72. The van der Waals surface area contributed by atoms with Gasteiger partial charge in [-0.2, -0.15) is 0 Å². The summed E-state index contributed by atoms with van der Waals surface area (Å²) < 4.78 is 18.3. The topological polar surface area (TPSA) is 66.8 Å². The lowest BCUT2D eigenvalue weighted by molar-refractivity contribution is -0.132. The van der Waals surface area contributed by atoms with Crippen molar-refractivity contribution in [3.05, 3.63) is 64.4 Å². The largest absolute Gasteiger partial charge is 0.497 e. The van der Waals surface area contributed by atoms with Gasteiger partial charge in [-0.1, -0.05) is 43.7 Å². The third-order valence-electron chi connectivity index (χ3n) is 4.59.